The molecule has 1 aliphatic heterocycles. The molecule has 0 unspecified atom stereocenters. The molecule has 2 rings (SSSR count). The van der Waals surface area contributed by atoms with E-state index in [2.05, 4.69) is 28.0 Å². The van der Waals surface area contributed by atoms with Crippen LogP contribution in [-0.2, 0) is 4.74 Å². The quantitative estimate of drug-likeness (QED) is 0.849. The summed E-state index contributed by atoms with van der Waals surface area (Å²) in [6.07, 6.45) is 5.08. The van der Waals surface area contributed by atoms with E-state index in [4.69, 9.17) is 4.74 Å². The average molecular weight is 346 g/mol. The Morgan fingerprint density at radius 2 is 2.45 bits per heavy atom. The topological polar surface area (TPSA) is 67.6 Å². The van der Waals surface area contributed by atoms with E-state index < -0.39 is 6.10 Å². The Morgan fingerprint density at radius 3 is 3.10 bits per heavy atom. The summed E-state index contributed by atoms with van der Waals surface area (Å²) >= 11 is 3.33. The molecule has 0 spiro atoms. The third-order valence-electron chi connectivity index (χ3n) is 3.44. The molecule has 1 saturated heterocycles. The van der Waals surface area contributed by atoms with Crippen molar-refractivity contribution in [1.29, 1.82) is 0 Å². The molecule has 7 heteroatoms. The van der Waals surface area contributed by atoms with E-state index >= 15 is 0 Å². The molecule has 1 amide bonds. The fourth-order valence-electron chi connectivity index (χ4n) is 2.24. The van der Waals surface area contributed by atoms with Crippen LogP contribution in [0.3, 0.4) is 0 Å². The van der Waals surface area contributed by atoms with E-state index in [1.165, 1.54) is 0 Å². The lowest BCUT2D eigenvalue weighted by atomic mass is 10.0. The van der Waals surface area contributed by atoms with E-state index in [1.807, 2.05) is 0 Å². The van der Waals surface area contributed by atoms with Crippen LogP contribution in [0, 0.1) is 0 Å². The number of carbonyl (C=O) groups is 1. The van der Waals surface area contributed by atoms with Gasteiger partial charge < -0.3 is 14.7 Å². The van der Waals surface area contributed by atoms with Gasteiger partial charge in [-0.25, -0.2) is 4.79 Å². The van der Waals surface area contributed by atoms with Gasteiger partial charge in [-0.15, -0.1) is 0 Å². The first-order valence-corrected chi connectivity index (χ1v) is 7.70. The highest BCUT2D eigenvalue weighted by Crippen LogP contribution is 2.23. The van der Waals surface area contributed by atoms with Crippen LogP contribution in [0.15, 0.2) is 16.9 Å². The summed E-state index contributed by atoms with van der Waals surface area (Å²) in [7, 11) is 0. The van der Waals surface area contributed by atoms with Crippen molar-refractivity contribution >= 4 is 22.0 Å². The molecular formula is C13H20BrN3O3. The summed E-state index contributed by atoms with van der Waals surface area (Å²) in [6, 6.07) is -0.228. The molecular weight excluding hydrogens is 326 g/mol. The Morgan fingerprint density at radius 1 is 1.65 bits per heavy atom. The third-order valence-corrected chi connectivity index (χ3v) is 3.85. The van der Waals surface area contributed by atoms with Crippen molar-refractivity contribution in [2.24, 2.45) is 0 Å². The summed E-state index contributed by atoms with van der Waals surface area (Å²) in [6.45, 7) is 3.44. The molecule has 0 aromatic carbocycles. The summed E-state index contributed by atoms with van der Waals surface area (Å²) in [5, 5.41) is 14.3. The number of halogens is 1. The summed E-state index contributed by atoms with van der Waals surface area (Å²) in [5.74, 6) is 0. The second-order valence-electron chi connectivity index (χ2n) is 4.98. The fourth-order valence-corrected chi connectivity index (χ4v) is 2.54. The van der Waals surface area contributed by atoms with Crippen LogP contribution < -0.4 is 0 Å². The van der Waals surface area contributed by atoms with Crippen LogP contribution in [0.4, 0.5) is 4.79 Å². The Labute approximate surface area is 126 Å². The predicted octanol–water partition coefficient (Wildman–Crippen LogP) is 2.19. The molecule has 0 bridgehead atoms. The first kappa shape index (κ1) is 15.3. The Kier molecular flexibility index (Phi) is 5.42. The van der Waals surface area contributed by atoms with E-state index in [1.54, 1.807) is 22.0 Å². The number of nitrogens with zero attached hydrogens (tertiary/aromatic N) is 3. The van der Waals surface area contributed by atoms with Crippen LogP contribution in [0.1, 0.15) is 32.2 Å². The minimum Gasteiger partial charge on any atom is -0.449 e. The molecule has 20 heavy (non-hydrogen) atoms. The van der Waals surface area contributed by atoms with Crippen molar-refractivity contribution in [2.75, 3.05) is 19.7 Å². The van der Waals surface area contributed by atoms with Crippen molar-refractivity contribution in [3.8, 4) is 0 Å². The molecule has 1 aromatic rings. The van der Waals surface area contributed by atoms with Crippen LogP contribution in [-0.4, -0.2) is 51.7 Å². The maximum Gasteiger partial charge on any atom is 0.409 e. The minimum atomic E-state index is -0.499. The molecule has 1 N–H and O–H groups in total. The number of aromatic nitrogens is 2. The third kappa shape index (κ3) is 3.73. The first-order chi connectivity index (χ1) is 9.61. The Bertz CT molecular complexity index is 452. The molecule has 1 aliphatic rings. The van der Waals surface area contributed by atoms with Gasteiger partial charge in [-0.05, 0) is 28.8 Å². The van der Waals surface area contributed by atoms with Crippen molar-refractivity contribution in [3.05, 3.63) is 16.9 Å². The second-order valence-corrected chi connectivity index (χ2v) is 5.89. The lowest BCUT2D eigenvalue weighted by Gasteiger charge is -2.35. The van der Waals surface area contributed by atoms with E-state index in [0.717, 1.165) is 17.3 Å². The first-order valence-electron chi connectivity index (χ1n) is 6.91. The number of piperidine rings is 1. The lowest BCUT2D eigenvalue weighted by molar-refractivity contribution is 0.0210. The zero-order chi connectivity index (χ0) is 14.5. The smallest absolute Gasteiger partial charge is 0.409 e. The number of aliphatic hydroxyl groups excluding tert-OH is 1. The average Bonchev–Trinajstić information content (AvgIpc) is 2.86. The van der Waals surface area contributed by atoms with Gasteiger partial charge in [0.05, 0.1) is 29.4 Å². The largest absolute Gasteiger partial charge is 0.449 e. The molecule has 2 heterocycles. The molecule has 0 radical (unpaired) electrons. The number of unbranched alkanes of at least 4 members (excludes halogenated alkanes) is 1. The molecule has 112 valence electrons. The predicted molar refractivity (Wildman–Crippen MR) is 77.4 cm³/mol. The van der Waals surface area contributed by atoms with Gasteiger partial charge in [0.25, 0.3) is 0 Å². The van der Waals surface area contributed by atoms with Crippen molar-refractivity contribution in [3.63, 3.8) is 0 Å². The zero-order valence-corrected chi connectivity index (χ0v) is 13.1. The molecule has 6 nitrogen and oxygen atoms in total. The lowest BCUT2D eigenvalue weighted by Crippen LogP contribution is -2.47. The molecule has 0 aliphatic carbocycles. The molecule has 1 aromatic heterocycles. The number of hydrogen-bond donors (Lipinski definition) is 1. The number of rotatable bonds is 4. The number of carbonyl (C=O) groups excluding carboxylic acids is 1. The van der Waals surface area contributed by atoms with Gasteiger partial charge in [-0.2, -0.15) is 5.10 Å². The van der Waals surface area contributed by atoms with Gasteiger partial charge in [0.1, 0.15) is 0 Å². The van der Waals surface area contributed by atoms with Crippen molar-refractivity contribution in [1.82, 2.24) is 14.7 Å². The minimum absolute atomic E-state index is 0.228. The number of amides is 1. The number of hydrogen-bond acceptors (Lipinski definition) is 4. The van der Waals surface area contributed by atoms with Crippen LogP contribution in [0.2, 0.25) is 0 Å². The highest BCUT2D eigenvalue weighted by molar-refractivity contribution is 9.10. The standard InChI is InChI=1S/C13H20BrN3O3/c1-2-3-6-20-13(19)16-5-4-12(18)11(9-16)17-8-10(14)7-15-17/h7-8,11-12,18H,2-6,9H2,1H3/t11-,12-/m1/s1. The van der Waals surface area contributed by atoms with Gasteiger partial charge in [0.2, 0.25) is 0 Å². The van der Waals surface area contributed by atoms with Gasteiger partial charge in [-0.1, -0.05) is 13.3 Å². The monoisotopic (exact) mass is 345 g/mol. The highest BCUT2D eigenvalue weighted by atomic mass is 79.9. The van der Waals surface area contributed by atoms with Crippen molar-refractivity contribution < 1.29 is 14.6 Å². The van der Waals surface area contributed by atoms with Gasteiger partial charge in [0.15, 0.2) is 0 Å². The maximum absolute atomic E-state index is 11.9. The van der Waals surface area contributed by atoms with Crippen LogP contribution in [0.5, 0.6) is 0 Å². The number of aliphatic hydroxyl groups is 1. The molecule has 2 atom stereocenters. The maximum atomic E-state index is 11.9. The fraction of sp³-hybridized carbons (Fsp3) is 0.692. The Balaban J connectivity index is 1.95. The zero-order valence-electron chi connectivity index (χ0n) is 11.5. The van der Waals surface area contributed by atoms with E-state index in [0.29, 0.717) is 26.1 Å². The van der Waals surface area contributed by atoms with Gasteiger partial charge in [-0.3, -0.25) is 4.68 Å². The molecule has 0 saturated carbocycles. The highest BCUT2D eigenvalue weighted by Gasteiger charge is 2.32. The number of ether oxygens (including phenoxy) is 1. The Hall–Kier alpha value is -1.08. The normalized spacial score (nSPS) is 22.9. The molecule has 1 fully saturated rings. The van der Waals surface area contributed by atoms with E-state index in [-0.39, 0.29) is 12.1 Å². The SMILES string of the molecule is CCCCOC(=O)N1CC[C@@H](O)[C@H](n2cc(Br)cn2)C1. The van der Waals surface area contributed by atoms with Gasteiger partial charge >= 0.3 is 6.09 Å². The summed E-state index contributed by atoms with van der Waals surface area (Å²) in [5.41, 5.74) is 0. The second kappa shape index (κ2) is 7.08. The van der Waals surface area contributed by atoms with Crippen molar-refractivity contribution in [2.45, 2.75) is 38.3 Å². The van der Waals surface area contributed by atoms with E-state index in [9.17, 15) is 9.90 Å². The van der Waals surface area contributed by atoms with Crippen LogP contribution in [0.25, 0.3) is 0 Å². The van der Waals surface area contributed by atoms with Crippen LogP contribution >= 0.6 is 15.9 Å². The number of likely N-dealkylation sites (tertiary alicyclic amines) is 1. The van der Waals surface area contributed by atoms with Gasteiger partial charge in [0, 0.05) is 19.3 Å². The summed E-state index contributed by atoms with van der Waals surface area (Å²) < 4.78 is 7.76. The summed E-state index contributed by atoms with van der Waals surface area (Å²) in [4.78, 5) is 13.6.